The van der Waals surface area contributed by atoms with Gasteiger partial charge < -0.3 is 14.2 Å². The highest BCUT2D eigenvalue weighted by Gasteiger charge is 2.44. The minimum absolute atomic E-state index is 0.112. The Hall–Kier alpha value is -3.41. The van der Waals surface area contributed by atoms with Crippen molar-refractivity contribution in [3.63, 3.8) is 0 Å². The van der Waals surface area contributed by atoms with Gasteiger partial charge in [-0.25, -0.2) is 4.79 Å². The average Bonchev–Trinajstić information content (AvgIpc) is 2.86. The van der Waals surface area contributed by atoms with Crippen molar-refractivity contribution in [2.75, 3.05) is 13.7 Å². The maximum absolute atomic E-state index is 13.4. The van der Waals surface area contributed by atoms with E-state index in [2.05, 4.69) is 0 Å². The number of esters is 1. The summed E-state index contributed by atoms with van der Waals surface area (Å²) in [6.07, 6.45) is 2.91. The number of benzene rings is 2. The van der Waals surface area contributed by atoms with Crippen LogP contribution in [-0.4, -0.2) is 31.2 Å². The maximum atomic E-state index is 13.4. The van der Waals surface area contributed by atoms with Gasteiger partial charge in [0, 0.05) is 23.7 Å². The molecule has 4 rings (SSSR count). The SMILES string of the molecule is CCCOc1ccc([C@@H]2C(C(=O)OCc3ccccc3)=C(C)N=C3CCCC(=O)C32)cc1OC. The summed E-state index contributed by atoms with van der Waals surface area (Å²) in [4.78, 5) is 31.2. The number of allylic oxidation sites excluding steroid dienone is 1. The largest absolute Gasteiger partial charge is 0.493 e. The molecule has 34 heavy (non-hydrogen) atoms. The third-order valence-electron chi connectivity index (χ3n) is 6.35. The molecule has 2 aliphatic rings. The van der Waals surface area contributed by atoms with E-state index >= 15 is 0 Å². The Labute approximate surface area is 200 Å². The lowest BCUT2D eigenvalue weighted by molar-refractivity contribution is -0.140. The summed E-state index contributed by atoms with van der Waals surface area (Å²) in [5, 5.41) is 0. The fourth-order valence-electron chi connectivity index (χ4n) is 4.76. The van der Waals surface area contributed by atoms with Crippen LogP contribution in [0.1, 0.15) is 56.6 Å². The Kier molecular flexibility index (Phi) is 7.46. The van der Waals surface area contributed by atoms with Crippen LogP contribution in [0, 0.1) is 5.92 Å². The molecule has 0 bridgehead atoms. The van der Waals surface area contributed by atoms with Crippen molar-refractivity contribution in [2.45, 2.75) is 52.1 Å². The molecule has 0 amide bonds. The van der Waals surface area contributed by atoms with E-state index in [1.165, 1.54) is 0 Å². The van der Waals surface area contributed by atoms with Crippen molar-refractivity contribution in [1.29, 1.82) is 0 Å². The first-order valence-electron chi connectivity index (χ1n) is 11.9. The van der Waals surface area contributed by atoms with Gasteiger partial charge in [-0.1, -0.05) is 43.3 Å². The molecule has 2 aromatic carbocycles. The van der Waals surface area contributed by atoms with Crippen molar-refractivity contribution in [2.24, 2.45) is 10.9 Å². The number of ketones is 1. The quantitative estimate of drug-likeness (QED) is 0.492. The molecule has 1 heterocycles. The van der Waals surface area contributed by atoms with E-state index in [4.69, 9.17) is 19.2 Å². The molecule has 6 heteroatoms. The van der Waals surface area contributed by atoms with Crippen LogP contribution in [0.2, 0.25) is 0 Å². The zero-order valence-electron chi connectivity index (χ0n) is 20.0. The molecule has 0 spiro atoms. The van der Waals surface area contributed by atoms with Crippen molar-refractivity contribution in [3.05, 3.63) is 70.9 Å². The normalized spacial score (nSPS) is 19.9. The summed E-state index contributed by atoms with van der Waals surface area (Å²) >= 11 is 0. The third-order valence-corrected chi connectivity index (χ3v) is 6.35. The lowest BCUT2D eigenvalue weighted by Crippen LogP contribution is -2.39. The van der Waals surface area contributed by atoms with Crippen LogP contribution >= 0.6 is 0 Å². The first kappa shape index (κ1) is 23.7. The van der Waals surface area contributed by atoms with Crippen LogP contribution in [0.25, 0.3) is 0 Å². The van der Waals surface area contributed by atoms with Gasteiger partial charge in [0.25, 0.3) is 0 Å². The van der Waals surface area contributed by atoms with Crippen LogP contribution < -0.4 is 9.47 Å². The molecule has 2 aromatic rings. The molecule has 1 unspecified atom stereocenters. The summed E-state index contributed by atoms with van der Waals surface area (Å²) in [5.41, 5.74) is 3.61. The van der Waals surface area contributed by atoms with E-state index in [9.17, 15) is 9.59 Å². The van der Waals surface area contributed by atoms with Crippen molar-refractivity contribution >= 4 is 17.5 Å². The van der Waals surface area contributed by atoms with Gasteiger partial charge >= 0.3 is 5.97 Å². The van der Waals surface area contributed by atoms with Crippen LogP contribution in [0.15, 0.2) is 64.8 Å². The van der Waals surface area contributed by atoms with Gasteiger partial charge in [-0.3, -0.25) is 9.79 Å². The summed E-state index contributed by atoms with van der Waals surface area (Å²) in [7, 11) is 1.59. The number of carbonyl (C=O) groups is 2. The smallest absolute Gasteiger partial charge is 0.336 e. The molecule has 1 saturated carbocycles. The average molecular weight is 462 g/mol. The van der Waals surface area contributed by atoms with E-state index in [1.54, 1.807) is 7.11 Å². The van der Waals surface area contributed by atoms with Gasteiger partial charge in [0.05, 0.1) is 25.2 Å². The van der Waals surface area contributed by atoms with Crippen LogP contribution in [0.5, 0.6) is 11.5 Å². The predicted molar refractivity (Wildman–Crippen MR) is 130 cm³/mol. The Morgan fingerprint density at radius 3 is 2.59 bits per heavy atom. The summed E-state index contributed by atoms with van der Waals surface area (Å²) in [6.45, 7) is 4.60. The molecule has 1 aliphatic carbocycles. The summed E-state index contributed by atoms with van der Waals surface area (Å²) in [6, 6.07) is 15.2. The number of rotatable bonds is 8. The highest BCUT2D eigenvalue weighted by Crippen LogP contribution is 2.45. The van der Waals surface area contributed by atoms with Gasteiger partial charge in [0.15, 0.2) is 11.5 Å². The zero-order valence-corrected chi connectivity index (χ0v) is 20.0. The molecule has 178 valence electrons. The van der Waals surface area contributed by atoms with E-state index in [1.807, 2.05) is 62.4 Å². The standard InChI is InChI=1S/C28H31NO5/c1-4-15-33-23-14-13-20(16-24(23)32-3)26-25(28(31)34-17-19-9-6-5-7-10-19)18(2)29-21-11-8-12-22(30)27(21)26/h5-7,9-10,13-14,16,26-27H,4,8,11-12,15,17H2,1-3H3/t26-,27?/m1/s1. The first-order valence-corrected chi connectivity index (χ1v) is 11.9. The van der Waals surface area contributed by atoms with Crippen molar-refractivity contribution in [3.8, 4) is 11.5 Å². The zero-order chi connectivity index (χ0) is 24.1. The Morgan fingerprint density at radius 2 is 1.85 bits per heavy atom. The second-order valence-corrected chi connectivity index (χ2v) is 8.70. The lowest BCUT2D eigenvalue weighted by atomic mass is 9.69. The van der Waals surface area contributed by atoms with Crippen LogP contribution in [0.3, 0.4) is 0 Å². The number of nitrogens with zero attached hydrogens (tertiary/aromatic N) is 1. The first-order chi connectivity index (χ1) is 16.5. The number of Topliss-reactive ketones (excluding diaryl/α,β-unsaturated/α-hetero) is 1. The number of carbonyl (C=O) groups excluding carboxylic acids is 2. The number of ether oxygens (including phenoxy) is 3. The van der Waals surface area contributed by atoms with Gasteiger partial charge in [-0.2, -0.15) is 0 Å². The molecular weight excluding hydrogens is 430 g/mol. The predicted octanol–water partition coefficient (Wildman–Crippen LogP) is 5.41. The third kappa shape index (κ3) is 4.91. The highest BCUT2D eigenvalue weighted by atomic mass is 16.5. The number of hydrogen-bond acceptors (Lipinski definition) is 6. The second-order valence-electron chi connectivity index (χ2n) is 8.70. The lowest BCUT2D eigenvalue weighted by Gasteiger charge is -2.35. The van der Waals surface area contributed by atoms with E-state index in [0.717, 1.165) is 36.1 Å². The maximum Gasteiger partial charge on any atom is 0.336 e. The molecule has 1 aliphatic heterocycles. The summed E-state index contributed by atoms with van der Waals surface area (Å²) in [5.74, 6) is -0.0601. The van der Waals surface area contributed by atoms with E-state index < -0.39 is 17.8 Å². The molecule has 0 radical (unpaired) electrons. The molecule has 0 aromatic heterocycles. The fourth-order valence-corrected chi connectivity index (χ4v) is 4.76. The van der Waals surface area contributed by atoms with Crippen molar-refractivity contribution < 1.29 is 23.8 Å². The van der Waals surface area contributed by atoms with Crippen LogP contribution in [0.4, 0.5) is 0 Å². The summed E-state index contributed by atoms with van der Waals surface area (Å²) < 4.78 is 17.1. The van der Waals surface area contributed by atoms with Gasteiger partial charge in [-0.15, -0.1) is 0 Å². The Balaban J connectivity index is 1.72. The van der Waals surface area contributed by atoms with Crippen molar-refractivity contribution in [1.82, 2.24) is 0 Å². The molecular formula is C28H31NO5. The molecule has 2 atom stereocenters. The highest BCUT2D eigenvalue weighted by molar-refractivity contribution is 6.11. The fraction of sp³-hybridized carbons (Fsp3) is 0.393. The molecule has 1 fully saturated rings. The molecule has 0 N–H and O–H groups in total. The Bertz CT molecular complexity index is 1120. The minimum atomic E-state index is -0.474. The second kappa shape index (κ2) is 10.7. The Morgan fingerprint density at radius 1 is 1.06 bits per heavy atom. The number of hydrogen-bond donors (Lipinski definition) is 0. The minimum Gasteiger partial charge on any atom is -0.493 e. The van der Waals surface area contributed by atoms with E-state index in [0.29, 0.717) is 35.8 Å². The monoisotopic (exact) mass is 461 g/mol. The van der Waals surface area contributed by atoms with E-state index in [-0.39, 0.29) is 12.4 Å². The van der Waals surface area contributed by atoms with Gasteiger partial charge in [0.1, 0.15) is 12.4 Å². The van der Waals surface area contributed by atoms with Crippen LogP contribution in [-0.2, 0) is 20.9 Å². The number of methoxy groups -OCH3 is 1. The van der Waals surface area contributed by atoms with Gasteiger partial charge in [-0.05, 0) is 49.4 Å². The number of fused-ring (bicyclic) bond motifs is 1. The number of aliphatic imine (C=N–C) groups is 1. The topological polar surface area (TPSA) is 74.2 Å². The molecule has 0 saturated heterocycles. The molecule has 6 nitrogen and oxygen atoms in total. The van der Waals surface area contributed by atoms with Gasteiger partial charge in [0.2, 0.25) is 0 Å².